The van der Waals surface area contributed by atoms with Crippen molar-refractivity contribution in [1.82, 2.24) is 19.2 Å². The molecule has 0 atom stereocenters. The van der Waals surface area contributed by atoms with Crippen molar-refractivity contribution in [2.75, 3.05) is 38.2 Å². The second-order valence-electron chi connectivity index (χ2n) is 7.43. The Labute approximate surface area is 149 Å². The van der Waals surface area contributed by atoms with Crippen LogP contribution < -0.4 is 4.90 Å². The van der Waals surface area contributed by atoms with Gasteiger partial charge in [0.1, 0.15) is 0 Å². The number of piperidine rings is 2. The first-order valence-corrected chi connectivity index (χ1v) is 9.86. The van der Waals surface area contributed by atoms with E-state index in [0.29, 0.717) is 12.1 Å². The van der Waals surface area contributed by atoms with Crippen molar-refractivity contribution in [1.29, 1.82) is 0 Å². The lowest BCUT2D eigenvalue weighted by atomic mass is 10.1. The van der Waals surface area contributed by atoms with Crippen LogP contribution in [0.3, 0.4) is 0 Å². The normalized spacial score (nSPS) is 23.8. The molecule has 0 amide bonds. The molecule has 2 aliphatic heterocycles. The third kappa shape index (κ3) is 3.39. The maximum absolute atomic E-state index is 5.80. The van der Waals surface area contributed by atoms with Crippen LogP contribution >= 0.6 is 12.2 Å². The Bertz CT molecular complexity index is 609. The number of hydrogen-bond acceptors (Lipinski definition) is 5. The molecule has 4 rings (SSSR count). The van der Waals surface area contributed by atoms with Crippen LogP contribution in [0.25, 0.3) is 0 Å². The van der Waals surface area contributed by atoms with Crippen LogP contribution in [0.1, 0.15) is 51.0 Å². The van der Waals surface area contributed by atoms with Crippen molar-refractivity contribution in [3.8, 4) is 0 Å². The fraction of sp³-hybridized carbons (Fsp3) is 0.882. The third-order valence-corrected chi connectivity index (χ3v) is 6.01. The van der Waals surface area contributed by atoms with Crippen LogP contribution in [0.5, 0.6) is 0 Å². The SMILES string of the molecule is COC1CCN(Cn2nc(N3CCCCC3)n(C3CC3)c2=S)CC1. The summed E-state index contributed by atoms with van der Waals surface area (Å²) < 4.78 is 10.8. The summed E-state index contributed by atoms with van der Waals surface area (Å²) >= 11 is 5.80. The van der Waals surface area contributed by atoms with E-state index < -0.39 is 0 Å². The van der Waals surface area contributed by atoms with Gasteiger partial charge in [0.15, 0.2) is 0 Å². The molecule has 3 heterocycles. The van der Waals surface area contributed by atoms with Gasteiger partial charge in [0.05, 0.1) is 12.8 Å². The zero-order chi connectivity index (χ0) is 16.5. The van der Waals surface area contributed by atoms with Crippen molar-refractivity contribution in [3.05, 3.63) is 4.77 Å². The second kappa shape index (κ2) is 7.14. The van der Waals surface area contributed by atoms with Crippen LogP contribution in [0.2, 0.25) is 0 Å². The Morgan fingerprint density at radius 2 is 1.75 bits per heavy atom. The van der Waals surface area contributed by atoms with Gasteiger partial charge in [-0.3, -0.25) is 9.47 Å². The predicted octanol–water partition coefficient (Wildman–Crippen LogP) is 2.81. The van der Waals surface area contributed by atoms with Crippen LogP contribution in [0.4, 0.5) is 5.95 Å². The highest BCUT2D eigenvalue weighted by atomic mass is 32.1. The van der Waals surface area contributed by atoms with Gasteiger partial charge < -0.3 is 9.64 Å². The average Bonchev–Trinajstić information content (AvgIpc) is 3.41. The predicted molar refractivity (Wildman–Crippen MR) is 97.0 cm³/mol. The summed E-state index contributed by atoms with van der Waals surface area (Å²) in [4.78, 5) is 4.90. The second-order valence-corrected chi connectivity index (χ2v) is 7.79. The minimum Gasteiger partial charge on any atom is -0.381 e. The Kier molecular flexibility index (Phi) is 4.92. The lowest BCUT2D eigenvalue weighted by Crippen LogP contribution is -2.38. The number of likely N-dealkylation sites (tertiary alicyclic amines) is 1. The van der Waals surface area contributed by atoms with E-state index in [9.17, 15) is 0 Å². The molecule has 0 spiro atoms. The topological polar surface area (TPSA) is 38.5 Å². The smallest absolute Gasteiger partial charge is 0.226 e. The number of aromatic nitrogens is 3. The molecule has 0 N–H and O–H groups in total. The molecule has 24 heavy (non-hydrogen) atoms. The average molecular weight is 352 g/mol. The Hall–Kier alpha value is -0.920. The zero-order valence-electron chi connectivity index (χ0n) is 14.7. The van der Waals surface area contributed by atoms with Gasteiger partial charge >= 0.3 is 0 Å². The summed E-state index contributed by atoms with van der Waals surface area (Å²) in [6.07, 6.45) is 9.01. The van der Waals surface area contributed by atoms with E-state index in [0.717, 1.165) is 56.4 Å². The highest BCUT2D eigenvalue weighted by Gasteiger charge is 2.31. The first-order valence-electron chi connectivity index (χ1n) is 9.45. The molecule has 1 aromatic heterocycles. The maximum Gasteiger partial charge on any atom is 0.226 e. The highest BCUT2D eigenvalue weighted by molar-refractivity contribution is 7.71. The van der Waals surface area contributed by atoms with E-state index in [1.807, 2.05) is 7.11 Å². The van der Waals surface area contributed by atoms with Crippen molar-refractivity contribution >= 4 is 18.2 Å². The third-order valence-electron chi connectivity index (χ3n) is 5.61. The van der Waals surface area contributed by atoms with Crippen LogP contribution in [0, 0.1) is 4.77 Å². The molecule has 1 aromatic rings. The van der Waals surface area contributed by atoms with Gasteiger partial charge in [0.25, 0.3) is 0 Å². The number of nitrogens with zero attached hydrogens (tertiary/aromatic N) is 5. The van der Waals surface area contributed by atoms with E-state index in [2.05, 4.69) is 19.0 Å². The van der Waals surface area contributed by atoms with Gasteiger partial charge in [-0.25, -0.2) is 4.68 Å². The van der Waals surface area contributed by atoms with Crippen LogP contribution in [-0.4, -0.2) is 58.6 Å². The molecule has 7 heteroatoms. The molecule has 3 aliphatic rings. The summed E-state index contributed by atoms with van der Waals surface area (Å²) in [5.74, 6) is 1.12. The van der Waals surface area contributed by atoms with Gasteiger partial charge in [-0.2, -0.15) is 0 Å². The molecule has 2 saturated heterocycles. The minimum absolute atomic E-state index is 0.419. The first kappa shape index (κ1) is 16.5. The van der Waals surface area contributed by atoms with Crippen molar-refractivity contribution in [3.63, 3.8) is 0 Å². The number of rotatable bonds is 5. The molecule has 134 valence electrons. The molecule has 0 unspecified atom stereocenters. The summed E-state index contributed by atoms with van der Waals surface area (Å²) in [5, 5.41) is 4.96. The fourth-order valence-corrected chi connectivity index (χ4v) is 4.27. The van der Waals surface area contributed by atoms with E-state index in [-0.39, 0.29) is 0 Å². The molecule has 1 aliphatic carbocycles. The Morgan fingerprint density at radius 1 is 1.04 bits per heavy atom. The maximum atomic E-state index is 5.80. The molecule has 3 fully saturated rings. The van der Waals surface area contributed by atoms with Gasteiger partial charge in [-0.15, -0.1) is 5.10 Å². The molecular weight excluding hydrogens is 322 g/mol. The quantitative estimate of drug-likeness (QED) is 0.763. The van der Waals surface area contributed by atoms with Gasteiger partial charge in [-0.05, 0) is 57.2 Å². The van der Waals surface area contributed by atoms with E-state index in [1.54, 1.807) is 0 Å². The highest BCUT2D eigenvalue weighted by Crippen LogP contribution is 2.38. The molecule has 0 bridgehead atoms. The summed E-state index contributed by atoms with van der Waals surface area (Å²) in [5.41, 5.74) is 0. The lowest BCUT2D eigenvalue weighted by Gasteiger charge is -2.30. The van der Waals surface area contributed by atoms with E-state index in [1.165, 1.54) is 32.1 Å². The minimum atomic E-state index is 0.419. The first-order chi connectivity index (χ1) is 11.8. The van der Waals surface area contributed by atoms with Crippen LogP contribution in [0.15, 0.2) is 0 Å². The van der Waals surface area contributed by atoms with Crippen molar-refractivity contribution < 1.29 is 4.74 Å². The number of hydrogen-bond donors (Lipinski definition) is 0. The zero-order valence-corrected chi connectivity index (χ0v) is 15.5. The molecular formula is C17H29N5OS. The largest absolute Gasteiger partial charge is 0.381 e. The lowest BCUT2D eigenvalue weighted by molar-refractivity contribution is 0.0301. The fourth-order valence-electron chi connectivity index (χ4n) is 3.94. The summed E-state index contributed by atoms with van der Waals surface area (Å²) in [7, 11) is 1.82. The van der Waals surface area contributed by atoms with Crippen molar-refractivity contribution in [2.45, 2.75) is 63.8 Å². The van der Waals surface area contributed by atoms with E-state index >= 15 is 0 Å². The molecule has 1 saturated carbocycles. The molecule has 0 aromatic carbocycles. The van der Waals surface area contributed by atoms with E-state index in [4.69, 9.17) is 22.1 Å². The monoisotopic (exact) mass is 351 g/mol. The Morgan fingerprint density at radius 3 is 2.38 bits per heavy atom. The summed E-state index contributed by atoms with van der Waals surface area (Å²) in [6, 6.07) is 0.586. The van der Waals surface area contributed by atoms with Crippen LogP contribution in [-0.2, 0) is 11.4 Å². The number of ether oxygens (including phenoxy) is 1. The molecule has 0 radical (unpaired) electrons. The standard InChI is InChI=1S/C17H29N5OS/c1-23-15-7-11-19(12-8-15)13-21-17(24)22(14-5-6-14)16(18-21)20-9-3-2-4-10-20/h14-15H,2-13H2,1H3. The Balaban J connectivity index is 1.52. The number of anilines is 1. The van der Waals surface area contributed by atoms with Gasteiger partial charge in [0, 0.05) is 39.3 Å². The molecule has 6 nitrogen and oxygen atoms in total. The van der Waals surface area contributed by atoms with Gasteiger partial charge in [-0.1, -0.05) is 0 Å². The van der Waals surface area contributed by atoms with Gasteiger partial charge in [0.2, 0.25) is 10.7 Å². The summed E-state index contributed by atoms with van der Waals surface area (Å²) in [6.45, 7) is 5.19. The van der Waals surface area contributed by atoms with Crippen molar-refractivity contribution in [2.24, 2.45) is 0 Å². The number of methoxy groups -OCH3 is 1.